The van der Waals surface area contributed by atoms with Crippen molar-refractivity contribution < 1.29 is 11.0 Å². The number of nitrogens with one attached hydrogen (secondary N) is 2. The second-order valence-electron chi connectivity index (χ2n) is 7.57. The highest BCUT2D eigenvalue weighted by Crippen LogP contribution is 2.49. The van der Waals surface area contributed by atoms with Crippen LogP contribution < -0.4 is 10.1 Å². The number of hydrogen-bond donors (Lipinski definition) is 2. The smallest absolute Gasteiger partial charge is 0.235 e. The predicted octanol–water partition coefficient (Wildman–Crippen LogP) is 4.97. The van der Waals surface area contributed by atoms with E-state index in [9.17, 15) is 4.79 Å². The standard InChI is InChI=1S/C22H22N2O2.H2/c1-26-18-7-4-16(5-8-18)22(10-11-22)21(25)23-17-6-9-19-15(12-17)13-20(24-19)14-2-3-14;/h4-9,12-14,24H,2-3,10-11H2,1H3,(H,23,25);1H. The summed E-state index contributed by atoms with van der Waals surface area (Å²) in [6.07, 6.45) is 4.34. The molecule has 2 N–H and O–H groups in total. The van der Waals surface area contributed by atoms with Crippen LogP contribution in [0.5, 0.6) is 5.75 Å². The second kappa shape index (κ2) is 5.63. The maximum absolute atomic E-state index is 13.0. The van der Waals surface area contributed by atoms with Gasteiger partial charge >= 0.3 is 0 Å². The number of methoxy groups -OCH3 is 1. The van der Waals surface area contributed by atoms with Crippen molar-refractivity contribution in [2.24, 2.45) is 0 Å². The molecule has 0 radical (unpaired) electrons. The lowest BCUT2D eigenvalue weighted by Gasteiger charge is -2.16. The number of anilines is 1. The molecule has 1 heterocycles. The molecule has 0 unspecified atom stereocenters. The number of carbonyl (C=O) groups excluding carboxylic acids is 1. The molecule has 4 nitrogen and oxygen atoms in total. The van der Waals surface area contributed by atoms with Gasteiger partial charge in [-0.3, -0.25) is 4.79 Å². The van der Waals surface area contributed by atoms with E-state index < -0.39 is 5.41 Å². The van der Waals surface area contributed by atoms with Gasteiger partial charge in [0.15, 0.2) is 0 Å². The molecule has 1 aromatic heterocycles. The van der Waals surface area contributed by atoms with Crippen LogP contribution in [0.2, 0.25) is 0 Å². The third-order valence-corrected chi connectivity index (χ3v) is 5.74. The minimum absolute atomic E-state index is 0. The number of fused-ring (bicyclic) bond motifs is 1. The number of hydrogen-bond acceptors (Lipinski definition) is 2. The Labute approximate surface area is 154 Å². The Morgan fingerprint density at radius 2 is 1.92 bits per heavy atom. The Hall–Kier alpha value is -2.75. The molecule has 26 heavy (non-hydrogen) atoms. The summed E-state index contributed by atoms with van der Waals surface area (Å²) in [6, 6.07) is 16.2. The lowest BCUT2D eigenvalue weighted by Crippen LogP contribution is -2.27. The zero-order chi connectivity index (χ0) is 17.7. The van der Waals surface area contributed by atoms with Gasteiger partial charge in [0, 0.05) is 23.7 Å². The summed E-state index contributed by atoms with van der Waals surface area (Å²) in [5.41, 5.74) is 4.00. The molecular formula is C22H24N2O2. The fraction of sp³-hybridized carbons (Fsp3) is 0.318. The largest absolute Gasteiger partial charge is 0.497 e. The molecule has 4 heteroatoms. The van der Waals surface area contributed by atoms with Crippen LogP contribution in [0.1, 0.15) is 44.3 Å². The number of rotatable bonds is 5. The third-order valence-electron chi connectivity index (χ3n) is 5.74. The van der Waals surface area contributed by atoms with Crippen molar-refractivity contribution in [3.8, 4) is 5.75 Å². The number of amides is 1. The van der Waals surface area contributed by atoms with Gasteiger partial charge in [0.1, 0.15) is 5.75 Å². The van der Waals surface area contributed by atoms with Gasteiger partial charge < -0.3 is 15.0 Å². The average Bonchev–Trinajstić information content (AvgIpc) is 3.58. The van der Waals surface area contributed by atoms with Crippen LogP contribution in [-0.2, 0) is 10.2 Å². The fourth-order valence-corrected chi connectivity index (χ4v) is 3.78. The molecule has 2 aliphatic rings. The van der Waals surface area contributed by atoms with E-state index in [1.807, 2.05) is 30.3 Å². The first-order valence-corrected chi connectivity index (χ1v) is 9.27. The van der Waals surface area contributed by atoms with E-state index in [0.717, 1.165) is 35.4 Å². The van der Waals surface area contributed by atoms with E-state index >= 15 is 0 Å². The van der Waals surface area contributed by atoms with Crippen molar-refractivity contribution in [2.45, 2.75) is 37.0 Å². The zero-order valence-corrected chi connectivity index (χ0v) is 14.8. The van der Waals surface area contributed by atoms with Crippen LogP contribution in [0.4, 0.5) is 5.69 Å². The molecule has 134 valence electrons. The summed E-state index contributed by atoms with van der Waals surface area (Å²) >= 11 is 0. The third kappa shape index (κ3) is 2.57. The number of benzene rings is 2. The Kier molecular flexibility index (Phi) is 3.36. The molecule has 2 aromatic carbocycles. The maximum Gasteiger partial charge on any atom is 0.235 e. The minimum atomic E-state index is -0.390. The van der Waals surface area contributed by atoms with E-state index in [2.05, 4.69) is 28.5 Å². The Bertz CT molecular complexity index is 985. The summed E-state index contributed by atoms with van der Waals surface area (Å²) < 4.78 is 5.22. The lowest BCUT2D eigenvalue weighted by atomic mass is 9.94. The van der Waals surface area contributed by atoms with Crippen LogP contribution in [-0.4, -0.2) is 18.0 Å². The van der Waals surface area contributed by atoms with Gasteiger partial charge in [-0.05, 0) is 73.6 Å². The van der Waals surface area contributed by atoms with Crippen LogP contribution in [0.3, 0.4) is 0 Å². The number of H-pyrrole nitrogens is 1. The first-order valence-electron chi connectivity index (χ1n) is 9.27. The molecule has 0 bridgehead atoms. The normalized spacial score (nSPS) is 17.9. The summed E-state index contributed by atoms with van der Waals surface area (Å²) in [5.74, 6) is 1.60. The van der Waals surface area contributed by atoms with E-state index in [1.54, 1.807) is 7.11 Å². The van der Waals surface area contributed by atoms with Crippen molar-refractivity contribution >= 4 is 22.5 Å². The highest BCUT2D eigenvalue weighted by atomic mass is 16.5. The Balaban J connectivity index is 0.00000180. The molecule has 2 saturated carbocycles. The van der Waals surface area contributed by atoms with Crippen LogP contribution in [0.15, 0.2) is 48.5 Å². The highest BCUT2D eigenvalue weighted by molar-refractivity contribution is 6.02. The minimum Gasteiger partial charge on any atom is -0.497 e. The van der Waals surface area contributed by atoms with Gasteiger partial charge in [0.25, 0.3) is 0 Å². The van der Waals surface area contributed by atoms with Crippen molar-refractivity contribution in [2.75, 3.05) is 12.4 Å². The van der Waals surface area contributed by atoms with Crippen LogP contribution in [0, 0.1) is 0 Å². The molecule has 1 amide bonds. The molecule has 0 saturated heterocycles. The zero-order valence-electron chi connectivity index (χ0n) is 14.8. The van der Waals surface area contributed by atoms with E-state index in [4.69, 9.17) is 4.74 Å². The van der Waals surface area contributed by atoms with Gasteiger partial charge in [-0.1, -0.05) is 12.1 Å². The predicted molar refractivity (Wildman–Crippen MR) is 105 cm³/mol. The molecule has 0 spiro atoms. The molecule has 5 rings (SSSR count). The van der Waals surface area contributed by atoms with E-state index in [-0.39, 0.29) is 7.33 Å². The number of carbonyl (C=O) groups is 1. The molecule has 2 fully saturated rings. The second-order valence-corrected chi connectivity index (χ2v) is 7.57. The van der Waals surface area contributed by atoms with Gasteiger partial charge in [-0.15, -0.1) is 0 Å². The molecule has 0 atom stereocenters. The first kappa shape index (κ1) is 15.5. The monoisotopic (exact) mass is 348 g/mol. The van der Waals surface area contributed by atoms with E-state index in [0.29, 0.717) is 5.92 Å². The molecule has 0 aliphatic heterocycles. The van der Waals surface area contributed by atoms with Crippen molar-refractivity contribution in [1.82, 2.24) is 4.98 Å². The van der Waals surface area contributed by atoms with E-state index in [1.165, 1.54) is 23.9 Å². The van der Waals surface area contributed by atoms with Crippen LogP contribution >= 0.6 is 0 Å². The molecular weight excluding hydrogens is 324 g/mol. The fourth-order valence-electron chi connectivity index (χ4n) is 3.78. The Morgan fingerprint density at radius 3 is 2.58 bits per heavy atom. The maximum atomic E-state index is 13.0. The number of ether oxygens (including phenoxy) is 1. The number of aromatic amines is 1. The summed E-state index contributed by atoms with van der Waals surface area (Å²) in [6.45, 7) is 0. The molecule has 3 aromatic rings. The van der Waals surface area contributed by atoms with Crippen molar-refractivity contribution in [3.05, 3.63) is 59.8 Å². The van der Waals surface area contributed by atoms with Gasteiger partial charge in [0.2, 0.25) is 5.91 Å². The highest BCUT2D eigenvalue weighted by Gasteiger charge is 2.51. The lowest BCUT2D eigenvalue weighted by molar-refractivity contribution is -0.118. The van der Waals surface area contributed by atoms with Gasteiger partial charge in [0.05, 0.1) is 12.5 Å². The number of aromatic nitrogens is 1. The van der Waals surface area contributed by atoms with Crippen LogP contribution in [0.25, 0.3) is 10.9 Å². The molecule has 2 aliphatic carbocycles. The Morgan fingerprint density at radius 1 is 1.15 bits per heavy atom. The topological polar surface area (TPSA) is 54.1 Å². The average molecular weight is 348 g/mol. The van der Waals surface area contributed by atoms with Crippen molar-refractivity contribution in [3.63, 3.8) is 0 Å². The summed E-state index contributed by atoms with van der Waals surface area (Å²) in [4.78, 5) is 16.5. The van der Waals surface area contributed by atoms with Crippen molar-refractivity contribution in [1.29, 1.82) is 0 Å². The summed E-state index contributed by atoms with van der Waals surface area (Å²) in [7, 11) is 1.65. The van der Waals surface area contributed by atoms with Gasteiger partial charge in [-0.25, -0.2) is 0 Å². The first-order chi connectivity index (χ1) is 12.7. The SMILES string of the molecule is COc1ccc(C2(C(=O)Nc3ccc4[nH]c(C5CC5)cc4c3)CC2)cc1.[HH]. The van der Waals surface area contributed by atoms with Gasteiger partial charge in [-0.2, -0.15) is 0 Å². The summed E-state index contributed by atoms with van der Waals surface area (Å²) in [5, 5.41) is 4.30. The quantitative estimate of drug-likeness (QED) is 0.684.